The Morgan fingerprint density at radius 1 is 1.11 bits per heavy atom. The van der Waals surface area contributed by atoms with E-state index in [4.69, 9.17) is 4.74 Å². The number of hydrogen-bond acceptors (Lipinski definition) is 4. The zero-order valence-electron chi connectivity index (χ0n) is 15.9. The minimum absolute atomic E-state index is 0. The van der Waals surface area contributed by atoms with Gasteiger partial charge in [-0.1, -0.05) is 24.3 Å². The number of quaternary nitrogens is 1. The van der Waals surface area contributed by atoms with Gasteiger partial charge >= 0.3 is 0 Å². The van der Waals surface area contributed by atoms with Gasteiger partial charge in [-0.25, -0.2) is 0 Å². The van der Waals surface area contributed by atoms with E-state index in [1.54, 1.807) is 36.4 Å². The van der Waals surface area contributed by atoms with Crippen molar-refractivity contribution in [3.8, 4) is 11.5 Å². The number of Topliss-reactive ketones (excluding diaryl/α,β-unsaturated/α-hetero) is 1. The third-order valence-electron chi connectivity index (χ3n) is 4.17. The lowest BCUT2D eigenvalue weighted by Crippen LogP contribution is -3.00. The summed E-state index contributed by atoms with van der Waals surface area (Å²) in [6.45, 7) is 6.40. The van der Waals surface area contributed by atoms with Crippen molar-refractivity contribution in [3.63, 3.8) is 0 Å². The summed E-state index contributed by atoms with van der Waals surface area (Å²) in [6.07, 6.45) is -0.206. The Kier molecular flexibility index (Phi) is 9.29. The second kappa shape index (κ2) is 10.9. The largest absolute Gasteiger partial charge is 1.00 e. The van der Waals surface area contributed by atoms with Crippen LogP contribution in [0.2, 0.25) is 0 Å². The fourth-order valence-electron chi connectivity index (χ4n) is 2.74. The van der Waals surface area contributed by atoms with Gasteiger partial charge in [-0.05, 0) is 50.6 Å². The maximum Gasteiger partial charge on any atom is 0.168 e. The molecule has 0 amide bonds. The molecule has 27 heavy (non-hydrogen) atoms. The number of phenols is 1. The summed E-state index contributed by atoms with van der Waals surface area (Å²) in [7, 11) is 0. The van der Waals surface area contributed by atoms with E-state index in [-0.39, 0.29) is 36.1 Å². The van der Waals surface area contributed by atoms with E-state index >= 15 is 0 Å². The monoisotopic (exact) mass is 393 g/mol. The average molecular weight is 394 g/mol. The molecule has 0 aromatic heterocycles. The van der Waals surface area contributed by atoms with E-state index in [0.717, 1.165) is 5.56 Å². The lowest BCUT2D eigenvalue weighted by atomic mass is 10.0. The number of hydrogen-bond donors (Lipinski definition) is 3. The topological polar surface area (TPSA) is 83.4 Å². The van der Waals surface area contributed by atoms with Crippen molar-refractivity contribution in [1.82, 2.24) is 0 Å². The molecule has 5 nitrogen and oxygen atoms in total. The molecule has 0 radical (unpaired) electrons. The number of carbonyl (C=O) groups is 1. The van der Waals surface area contributed by atoms with Gasteiger partial charge in [0.15, 0.2) is 5.78 Å². The molecule has 0 heterocycles. The van der Waals surface area contributed by atoms with Gasteiger partial charge in [0, 0.05) is 5.56 Å². The first-order valence-electron chi connectivity index (χ1n) is 8.97. The van der Waals surface area contributed by atoms with Crippen LogP contribution < -0.4 is 22.5 Å². The number of halogens is 1. The first-order chi connectivity index (χ1) is 12.4. The maximum absolute atomic E-state index is 12.4. The fraction of sp³-hybridized carbons (Fsp3) is 0.381. The summed E-state index contributed by atoms with van der Waals surface area (Å²) in [4.78, 5) is 12.4. The first-order valence-corrected chi connectivity index (χ1v) is 8.97. The highest BCUT2D eigenvalue weighted by molar-refractivity contribution is 5.96. The minimum atomic E-state index is -0.659. The van der Waals surface area contributed by atoms with E-state index < -0.39 is 6.10 Å². The molecule has 0 aliphatic rings. The van der Waals surface area contributed by atoms with Gasteiger partial charge < -0.3 is 32.7 Å². The third-order valence-corrected chi connectivity index (χ3v) is 4.17. The van der Waals surface area contributed by atoms with Crippen LogP contribution in [0.15, 0.2) is 48.5 Å². The normalized spacial score (nSPS) is 12.9. The van der Waals surface area contributed by atoms with Crippen molar-refractivity contribution in [2.75, 3.05) is 6.54 Å². The second-order valence-electron chi connectivity index (χ2n) is 6.79. The Hall–Kier alpha value is -2.08. The van der Waals surface area contributed by atoms with Crippen LogP contribution in [0.3, 0.4) is 0 Å². The fourth-order valence-corrected chi connectivity index (χ4v) is 2.74. The number of aromatic hydroxyl groups is 1. The molecule has 6 heteroatoms. The van der Waals surface area contributed by atoms with Crippen molar-refractivity contribution in [3.05, 3.63) is 59.7 Å². The number of aliphatic hydroxyl groups excluding tert-OH is 1. The molecule has 4 N–H and O–H groups in total. The zero-order valence-corrected chi connectivity index (χ0v) is 16.7. The number of aliphatic hydroxyl groups is 1. The molecular weight excluding hydrogens is 366 g/mol. The molecule has 0 aliphatic heterocycles. The van der Waals surface area contributed by atoms with Gasteiger partial charge in [-0.3, -0.25) is 4.79 Å². The molecule has 2 atom stereocenters. The van der Waals surface area contributed by atoms with E-state index in [2.05, 4.69) is 0 Å². The van der Waals surface area contributed by atoms with Crippen LogP contribution in [0.1, 0.15) is 49.2 Å². The van der Waals surface area contributed by atoms with Crippen LogP contribution in [-0.4, -0.2) is 34.7 Å². The highest BCUT2D eigenvalue weighted by atomic mass is 35.5. The minimum Gasteiger partial charge on any atom is -1.00 e. The van der Waals surface area contributed by atoms with Gasteiger partial charge in [0.1, 0.15) is 23.6 Å². The predicted octanol–water partition coefficient (Wildman–Crippen LogP) is -0.558. The van der Waals surface area contributed by atoms with Crippen molar-refractivity contribution in [1.29, 1.82) is 0 Å². The van der Waals surface area contributed by atoms with Crippen LogP contribution in [0.25, 0.3) is 0 Å². The number of ketones is 1. The molecule has 2 aromatic carbocycles. The Balaban J connectivity index is 0.00000364. The molecule has 0 aliphatic carbocycles. The Bertz CT molecular complexity index is 718. The SMILES string of the molecule is CC(C)Oc1cccc(C(=O)CC[NH2+]C(C)C(O)c2ccc(O)cc2)c1.[Cl-]. The third kappa shape index (κ3) is 7.21. The Labute approximate surface area is 166 Å². The molecule has 0 spiro atoms. The van der Waals surface area contributed by atoms with Crippen LogP contribution in [-0.2, 0) is 0 Å². The molecule has 0 saturated carbocycles. The van der Waals surface area contributed by atoms with E-state index in [1.165, 1.54) is 0 Å². The van der Waals surface area contributed by atoms with E-state index in [1.807, 2.05) is 38.2 Å². The number of phenolic OH excluding ortho intramolecular Hbond substituents is 1. The Morgan fingerprint density at radius 3 is 2.41 bits per heavy atom. The summed E-state index contributed by atoms with van der Waals surface area (Å²) in [6, 6.07) is 13.7. The molecular formula is C21H28ClNO4. The molecule has 148 valence electrons. The summed E-state index contributed by atoms with van der Waals surface area (Å²) < 4.78 is 5.63. The average Bonchev–Trinajstić information content (AvgIpc) is 2.61. The quantitative estimate of drug-likeness (QED) is 0.499. The van der Waals surface area contributed by atoms with Gasteiger partial charge in [-0.15, -0.1) is 0 Å². The second-order valence-corrected chi connectivity index (χ2v) is 6.79. The molecule has 2 aromatic rings. The number of nitrogens with two attached hydrogens (primary N) is 1. The standard InChI is InChI=1S/C21H27NO4.ClH/c1-14(2)26-19-6-4-5-17(13-19)20(24)11-12-22-15(3)21(25)16-7-9-18(23)10-8-16;/h4-10,13-15,21-23,25H,11-12H2,1-3H3;1H. The Morgan fingerprint density at radius 2 is 1.78 bits per heavy atom. The summed E-state index contributed by atoms with van der Waals surface area (Å²) in [5.41, 5.74) is 1.39. The molecule has 0 fully saturated rings. The predicted molar refractivity (Wildman–Crippen MR) is 100 cm³/mol. The van der Waals surface area contributed by atoms with Gasteiger partial charge in [0.05, 0.1) is 19.1 Å². The van der Waals surface area contributed by atoms with Crippen molar-refractivity contribution < 1.29 is 37.5 Å². The number of benzene rings is 2. The highest BCUT2D eigenvalue weighted by Crippen LogP contribution is 2.18. The molecule has 2 rings (SSSR count). The van der Waals surface area contributed by atoms with Crippen LogP contribution in [0, 0.1) is 0 Å². The maximum atomic E-state index is 12.4. The highest BCUT2D eigenvalue weighted by Gasteiger charge is 2.19. The van der Waals surface area contributed by atoms with Crippen molar-refractivity contribution in [2.24, 2.45) is 0 Å². The lowest BCUT2D eigenvalue weighted by molar-refractivity contribution is -0.693. The summed E-state index contributed by atoms with van der Waals surface area (Å²) in [5, 5.41) is 21.6. The lowest BCUT2D eigenvalue weighted by Gasteiger charge is -2.17. The number of carbonyl (C=O) groups excluding carboxylic acids is 1. The van der Waals surface area contributed by atoms with E-state index in [9.17, 15) is 15.0 Å². The smallest absolute Gasteiger partial charge is 0.168 e. The van der Waals surface area contributed by atoms with Crippen molar-refractivity contribution >= 4 is 5.78 Å². The van der Waals surface area contributed by atoms with E-state index in [0.29, 0.717) is 24.3 Å². The van der Waals surface area contributed by atoms with Crippen LogP contribution in [0.5, 0.6) is 11.5 Å². The number of rotatable bonds is 9. The van der Waals surface area contributed by atoms with Crippen molar-refractivity contribution in [2.45, 2.75) is 45.4 Å². The van der Waals surface area contributed by atoms with Gasteiger partial charge in [-0.2, -0.15) is 0 Å². The van der Waals surface area contributed by atoms with Crippen LogP contribution >= 0.6 is 0 Å². The first kappa shape index (κ1) is 23.0. The molecule has 2 unspecified atom stereocenters. The zero-order chi connectivity index (χ0) is 19.1. The van der Waals surface area contributed by atoms with Gasteiger partial charge in [0.2, 0.25) is 0 Å². The summed E-state index contributed by atoms with van der Waals surface area (Å²) >= 11 is 0. The summed E-state index contributed by atoms with van der Waals surface area (Å²) in [5.74, 6) is 0.930. The van der Waals surface area contributed by atoms with Gasteiger partial charge in [0.25, 0.3) is 0 Å². The number of ether oxygens (including phenoxy) is 1. The van der Waals surface area contributed by atoms with Crippen LogP contribution in [0.4, 0.5) is 0 Å². The molecule has 0 bridgehead atoms. The molecule has 0 saturated heterocycles.